The number of rotatable bonds is 3. The molecule has 1 atom stereocenters. The van der Waals surface area contributed by atoms with Crippen LogP contribution in [0.5, 0.6) is 0 Å². The van der Waals surface area contributed by atoms with E-state index in [-0.39, 0.29) is 0 Å². The molecule has 0 bridgehead atoms. The molecular weight excluding hydrogens is 124 g/mol. The van der Waals surface area contributed by atoms with Gasteiger partial charge in [0.1, 0.15) is 12.5 Å². The Morgan fingerprint density at radius 1 is 1.56 bits per heavy atom. The standard InChI is InChI=1S/C5H8O4/c1-3(6)4(7)2-5(8)9/h3,6H,2H2,1H3,(H,8,9)/t3-/m0/s1. The first-order chi connectivity index (χ1) is 4.04. The third kappa shape index (κ3) is 3.66. The van der Waals surface area contributed by atoms with Gasteiger partial charge in [-0.1, -0.05) is 0 Å². The van der Waals surface area contributed by atoms with E-state index in [2.05, 4.69) is 0 Å². The van der Waals surface area contributed by atoms with Crippen molar-refractivity contribution in [2.24, 2.45) is 0 Å². The molecule has 0 aliphatic carbocycles. The summed E-state index contributed by atoms with van der Waals surface area (Å²) in [4.78, 5) is 20.1. The molecule has 52 valence electrons. The predicted octanol–water partition coefficient (Wildman–Crippen LogP) is -0.589. The quantitative estimate of drug-likeness (QED) is 0.503. The fourth-order valence-electron chi connectivity index (χ4n) is 0.297. The lowest BCUT2D eigenvalue weighted by Crippen LogP contribution is -2.19. The summed E-state index contributed by atoms with van der Waals surface area (Å²) < 4.78 is 0. The minimum atomic E-state index is -1.21. The first-order valence-electron chi connectivity index (χ1n) is 2.46. The van der Waals surface area contributed by atoms with Gasteiger partial charge in [0.15, 0.2) is 5.78 Å². The SMILES string of the molecule is C[C@H](O)C(=O)CC(=O)O. The molecule has 2 N–H and O–H groups in total. The number of aliphatic carboxylic acids is 1. The highest BCUT2D eigenvalue weighted by Gasteiger charge is 2.12. The van der Waals surface area contributed by atoms with Gasteiger partial charge in [-0.05, 0) is 6.92 Å². The Morgan fingerprint density at radius 2 is 2.00 bits per heavy atom. The number of Topliss-reactive ketones (excluding diaryl/α,β-unsaturated/α-hetero) is 1. The Bertz CT molecular complexity index is 127. The smallest absolute Gasteiger partial charge is 0.310 e. The summed E-state index contributed by atoms with van der Waals surface area (Å²) in [5.74, 6) is -1.87. The van der Waals surface area contributed by atoms with Crippen LogP contribution in [0.3, 0.4) is 0 Å². The fourth-order valence-corrected chi connectivity index (χ4v) is 0.297. The average Bonchev–Trinajstić information content (AvgIpc) is 1.63. The number of carboxylic acid groups (broad SMARTS) is 1. The van der Waals surface area contributed by atoms with Crippen LogP contribution in [0.4, 0.5) is 0 Å². The number of aliphatic hydroxyl groups excluding tert-OH is 1. The van der Waals surface area contributed by atoms with E-state index < -0.39 is 24.3 Å². The van der Waals surface area contributed by atoms with E-state index in [9.17, 15) is 9.59 Å². The van der Waals surface area contributed by atoms with Crippen LogP contribution in [0.1, 0.15) is 13.3 Å². The van der Waals surface area contributed by atoms with Crippen molar-refractivity contribution in [1.82, 2.24) is 0 Å². The van der Waals surface area contributed by atoms with Gasteiger partial charge in [0.25, 0.3) is 0 Å². The van der Waals surface area contributed by atoms with E-state index in [0.717, 1.165) is 0 Å². The molecule has 0 fully saturated rings. The van der Waals surface area contributed by atoms with Crippen LogP contribution < -0.4 is 0 Å². The highest BCUT2D eigenvalue weighted by molar-refractivity contribution is 5.96. The molecule has 4 heteroatoms. The van der Waals surface area contributed by atoms with Gasteiger partial charge in [0, 0.05) is 0 Å². The molecule has 9 heavy (non-hydrogen) atoms. The van der Waals surface area contributed by atoms with Gasteiger partial charge in [-0.3, -0.25) is 9.59 Å². The van der Waals surface area contributed by atoms with Crippen LogP contribution in [0, 0.1) is 0 Å². The van der Waals surface area contributed by atoms with E-state index in [0.29, 0.717) is 0 Å². The highest BCUT2D eigenvalue weighted by Crippen LogP contribution is 1.88. The molecule has 0 aromatic carbocycles. The van der Waals surface area contributed by atoms with Crippen LogP contribution in [0.2, 0.25) is 0 Å². The lowest BCUT2D eigenvalue weighted by Gasteiger charge is -1.97. The summed E-state index contributed by atoms with van der Waals surface area (Å²) in [5.41, 5.74) is 0. The van der Waals surface area contributed by atoms with E-state index in [1.807, 2.05) is 0 Å². The van der Waals surface area contributed by atoms with Gasteiger partial charge in [0.05, 0.1) is 0 Å². The minimum absolute atomic E-state index is 0.600. The van der Waals surface area contributed by atoms with Crippen molar-refractivity contribution < 1.29 is 19.8 Å². The Labute approximate surface area is 52.1 Å². The summed E-state index contributed by atoms with van der Waals surface area (Å²) >= 11 is 0. The fraction of sp³-hybridized carbons (Fsp3) is 0.600. The maximum absolute atomic E-state index is 10.3. The number of ketones is 1. The summed E-state index contributed by atoms with van der Waals surface area (Å²) in [5, 5.41) is 16.5. The molecule has 0 radical (unpaired) electrons. The van der Waals surface area contributed by atoms with Crippen LogP contribution in [0.25, 0.3) is 0 Å². The van der Waals surface area contributed by atoms with Gasteiger partial charge < -0.3 is 10.2 Å². The second-order valence-electron chi connectivity index (χ2n) is 1.71. The van der Waals surface area contributed by atoms with Crippen molar-refractivity contribution in [2.75, 3.05) is 0 Å². The molecule has 4 nitrogen and oxygen atoms in total. The second-order valence-corrected chi connectivity index (χ2v) is 1.71. The number of carbonyl (C=O) groups excluding carboxylic acids is 1. The predicted molar refractivity (Wildman–Crippen MR) is 28.9 cm³/mol. The van der Waals surface area contributed by atoms with Gasteiger partial charge in [-0.2, -0.15) is 0 Å². The molecule has 0 saturated heterocycles. The van der Waals surface area contributed by atoms with Crippen LogP contribution in [0.15, 0.2) is 0 Å². The number of carboxylic acids is 1. The molecule has 0 heterocycles. The molecular formula is C5H8O4. The normalized spacial score (nSPS) is 12.7. The maximum atomic E-state index is 10.3. The summed E-state index contributed by atoms with van der Waals surface area (Å²) in [6.45, 7) is 1.24. The van der Waals surface area contributed by atoms with Gasteiger partial charge in [-0.15, -0.1) is 0 Å². The Balaban J connectivity index is 3.64. The minimum Gasteiger partial charge on any atom is -0.481 e. The maximum Gasteiger partial charge on any atom is 0.310 e. The van der Waals surface area contributed by atoms with E-state index in [1.165, 1.54) is 6.92 Å². The van der Waals surface area contributed by atoms with Crippen molar-refractivity contribution in [2.45, 2.75) is 19.4 Å². The number of hydrogen-bond donors (Lipinski definition) is 2. The molecule has 0 aromatic heterocycles. The second kappa shape index (κ2) is 3.19. The lowest BCUT2D eigenvalue weighted by atomic mass is 10.2. The van der Waals surface area contributed by atoms with Gasteiger partial charge >= 0.3 is 5.97 Å². The third-order valence-electron chi connectivity index (χ3n) is 0.791. The molecule has 0 unspecified atom stereocenters. The average molecular weight is 132 g/mol. The molecule has 0 aromatic rings. The monoisotopic (exact) mass is 132 g/mol. The zero-order valence-electron chi connectivity index (χ0n) is 5.00. The van der Waals surface area contributed by atoms with Crippen LogP contribution in [-0.4, -0.2) is 28.1 Å². The topological polar surface area (TPSA) is 74.6 Å². The zero-order valence-corrected chi connectivity index (χ0v) is 5.00. The summed E-state index contributed by atoms with van der Waals surface area (Å²) in [7, 11) is 0. The first kappa shape index (κ1) is 8.10. The molecule has 0 aliphatic rings. The van der Waals surface area contributed by atoms with E-state index in [1.54, 1.807) is 0 Å². The summed E-state index contributed by atoms with van der Waals surface area (Å²) in [6, 6.07) is 0. The molecule has 0 rings (SSSR count). The molecule has 0 aliphatic heterocycles. The van der Waals surface area contributed by atoms with Crippen molar-refractivity contribution >= 4 is 11.8 Å². The highest BCUT2D eigenvalue weighted by atomic mass is 16.4. The largest absolute Gasteiger partial charge is 0.481 e. The Hall–Kier alpha value is -0.900. The van der Waals surface area contributed by atoms with Crippen molar-refractivity contribution in [3.63, 3.8) is 0 Å². The third-order valence-corrected chi connectivity index (χ3v) is 0.791. The van der Waals surface area contributed by atoms with E-state index >= 15 is 0 Å². The first-order valence-corrected chi connectivity index (χ1v) is 2.46. The molecule has 0 spiro atoms. The number of aliphatic hydroxyl groups is 1. The number of carbonyl (C=O) groups is 2. The van der Waals surface area contributed by atoms with Crippen LogP contribution in [-0.2, 0) is 9.59 Å². The van der Waals surface area contributed by atoms with Crippen molar-refractivity contribution in [3.05, 3.63) is 0 Å². The lowest BCUT2D eigenvalue weighted by molar-refractivity contribution is -0.142. The zero-order chi connectivity index (χ0) is 7.44. The number of hydrogen-bond acceptors (Lipinski definition) is 3. The Morgan fingerprint density at radius 3 is 2.11 bits per heavy atom. The van der Waals surface area contributed by atoms with Gasteiger partial charge in [0.2, 0.25) is 0 Å². The van der Waals surface area contributed by atoms with Crippen molar-refractivity contribution in [3.8, 4) is 0 Å². The summed E-state index contributed by atoms with van der Waals surface area (Å²) in [6.07, 6.45) is -1.77. The van der Waals surface area contributed by atoms with Crippen molar-refractivity contribution in [1.29, 1.82) is 0 Å². The van der Waals surface area contributed by atoms with E-state index in [4.69, 9.17) is 10.2 Å². The van der Waals surface area contributed by atoms with Gasteiger partial charge in [-0.25, -0.2) is 0 Å². The molecule has 0 saturated carbocycles. The Kier molecular flexibility index (Phi) is 2.87. The van der Waals surface area contributed by atoms with Crippen LogP contribution >= 0.6 is 0 Å². The molecule has 0 amide bonds.